The fraction of sp³-hybridized carbons (Fsp3) is 0.200. The highest BCUT2D eigenvalue weighted by Crippen LogP contribution is 2.13. The molecule has 0 saturated carbocycles. The lowest BCUT2D eigenvalue weighted by Crippen LogP contribution is -1.89. The van der Waals surface area contributed by atoms with Gasteiger partial charge in [0.25, 0.3) is 0 Å². The summed E-state index contributed by atoms with van der Waals surface area (Å²) in [6, 6.07) is 0. The first-order valence-corrected chi connectivity index (χ1v) is 2.26. The van der Waals surface area contributed by atoms with E-state index in [-0.39, 0.29) is 18.3 Å². The van der Waals surface area contributed by atoms with Crippen LogP contribution in [0.2, 0.25) is 0 Å². The van der Waals surface area contributed by atoms with Crippen molar-refractivity contribution >= 4 is 5.94 Å². The first-order valence-electron chi connectivity index (χ1n) is 2.26. The molecule has 0 fully saturated rings. The van der Waals surface area contributed by atoms with Crippen LogP contribution in [0.3, 0.4) is 0 Å². The highest BCUT2D eigenvalue weighted by atomic mass is 16.7. The van der Waals surface area contributed by atoms with Crippen LogP contribution in [0.5, 0.6) is 0 Å². The molecule has 0 aromatic carbocycles. The molecule has 9 heavy (non-hydrogen) atoms. The first-order chi connectivity index (χ1) is 4.36. The molecule has 1 heterocycles. The second-order valence-electron chi connectivity index (χ2n) is 1.35. The van der Waals surface area contributed by atoms with E-state index in [0.717, 1.165) is 6.26 Å². The lowest BCUT2D eigenvalue weighted by molar-refractivity contribution is 0.168. The van der Waals surface area contributed by atoms with E-state index >= 15 is 0 Å². The predicted molar refractivity (Wildman–Crippen MR) is 26.5 cm³/mol. The minimum atomic E-state index is -0.273. The van der Waals surface area contributed by atoms with E-state index in [1.54, 1.807) is 0 Å². The Morgan fingerprint density at radius 3 is 2.89 bits per heavy atom. The molecule has 1 N–H and O–H groups in total. The maximum Gasteiger partial charge on any atom is 0.380 e. The Hall–Kier alpha value is -1.25. The number of aliphatic hydroxyl groups is 1. The van der Waals surface area contributed by atoms with Crippen LogP contribution in [0.25, 0.3) is 0 Å². The van der Waals surface area contributed by atoms with Gasteiger partial charge in [-0.25, -0.2) is 4.79 Å². The SMILES string of the molecule is O=C=C1OC=C(CO)O1. The Morgan fingerprint density at radius 1 is 1.78 bits per heavy atom. The highest BCUT2D eigenvalue weighted by Gasteiger charge is 2.11. The maximum absolute atomic E-state index is 9.74. The number of hydrogen-bond donors (Lipinski definition) is 1. The molecule has 1 aliphatic rings. The maximum atomic E-state index is 9.74. The van der Waals surface area contributed by atoms with Gasteiger partial charge in [-0.1, -0.05) is 0 Å². The van der Waals surface area contributed by atoms with E-state index < -0.39 is 0 Å². The molecule has 0 bridgehead atoms. The third-order valence-corrected chi connectivity index (χ3v) is 0.760. The molecule has 0 unspecified atom stereocenters. The largest absolute Gasteiger partial charge is 0.422 e. The van der Waals surface area contributed by atoms with Crippen molar-refractivity contribution in [1.82, 2.24) is 0 Å². The van der Waals surface area contributed by atoms with Gasteiger partial charge < -0.3 is 14.6 Å². The number of ether oxygens (including phenoxy) is 2. The normalized spacial score (nSPS) is 15.7. The molecule has 0 atom stereocenters. The van der Waals surface area contributed by atoms with Crippen molar-refractivity contribution in [2.75, 3.05) is 6.61 Å². The molecule has 4 nitrogen and oxygen atoms in total. The van der Waals surface area contributed by atoms with E-state index in [2.05, 4.69) is 9.47 Å². The third-order valence-electron chi connectivity index (χ3n) is 0.760. The van der Waals surface area contributed by atoms with Crippen LogP contribution >= 0.6 is 0 Å². The van der Waals surface area contributed by atoms with Crippen molar-refractivity contribution < 1.29 is 19.4 Å². The van der Waals surface area contributed by atoms with Crippen molar-refractivity contribution in [3.8, 4) is 0 Å². The monoisotopic (exact) mass is 128 g/mol. The summed E-state index contributed by atoms with van der Waals surface area (Å²) in [4.78, 5) is 9.74. The van der Waals surface area contributed by atoms with Crippen LogP contribution in [0, 0.1) is 0 Å². The van der Waals surface area contributed by atoms with Gasteiger partial charge in [0.1, 0.15) is 12.9 Å². The summed E-state index contributed by atoms with van der Waals surface area (Å²) >= 11 is 0. The van der Waals surface area contributed by atoms with E-state index in [1.165, 1.54) is 5.94 Å². The molecular weight excluding hydrogens is 124 g/mol. The summed E-state index contributed by atoms with van der Waals surface area (Å²) in [7, 11) is 0. The Kier molecular flexibility index (Phi) is 1.53. The zero-order valence-corrected chi connectivity index (χ0v) is 4.46. The van der Waals surface area contributed by atoms with Crippen molar-refractivity contribution in [2.45, 2.75) is 0 Å². The zero-order chi connectivity index (χ0) is 6.69. The van der Waals surface area contributed by atoms with Crippen molar-refractivity contribution in [1.29, 1.82) is 0 Å². The van der Waals surface area contributed by atoms with E-state index in [0.29, 0.717) is 0 Å². The van der Waals surface area contributed by atoms with Gasteiger partial charge in [-0.15, -0.1) is 0 Å². The third kappa shape index (κ3) is 1.10. The van der Waals surface area contributed by atoms with Gasteiger partial charge in [0.05, 0.1) is 0 Å². The summed E-state index contributed by atoms with van der Waals surface area (Å²) in [6.45, 7) is -0.273. The Labute approximate surface area is 51.0 Å². The van der Waals surface area contributed by atoms with E-state index in [4.69, 9.17) is 5.11 Å². The van der Waals surface area contributed by atoms with Gasteiger partial charge >= 0.3 is 5.95 Å². The van der Waals surface area contributed by atoms with Gasteiger partial charge in [-0.3, -0.25) is 0 Å². The van der Waals surface area contributed by atoms with Gasteiger partial charge in [-0.05, 0) is 0 Å². The molecule has 1 aliphatic heterocycles. The van der Waals surface area contributed by atoms with Crippen molar-refractivity contribution in [3.63, 3.8) is 0 Å². The van der Waals surface area contributed by atoms with Crippen LogP contribution in [-0.2, 0) is 14.3 Å². The van der Waals surface area contributed by atoms with Gasteiger partial charge in [0.15, 0.2) is 5.76 Å². The average Bonchev–Trinajstić information content (AvgIpc) is 2.34. The highest BCUT2D eigenvalue weighted by molar-refractivity contribution is 5.48. The van der Waals surface area contributed by atoms with Gasteiger partial charge in [0.2, 0.25) is 5.94 Å². The quantitative estimate of drug-likeness (QED) is 0.485. The number of hydrogen-bond acceptors (Lipinski definition) is 4. The van der Waals surface area contributed by atoms with Crippen LogP contribution in [0.4, 0.5) is 0 Å². The molecule has 0 spiro atoms. The molecule has 0 aliphatic carbocycles. The Bertz CT molecular complexity index is 187. The number of aliphatic hydroxyl groups excluding tert-OH is 1. The average molecular weight is 128 g/mol. The second-order valence-corrected chi connectivity index (χ2v) is 1.35. The standard InChI is InChI=1S/C5H4O4/c6-1-4-3-8-5(2-7)9-4/h3,6H,1H2. The summed E-state index contributed by atoms with van der Waals surface area (Å²) in [6.07, 6.45) is 1.15. The van der Waals surface area contributed by atoms with Crippen LogP contribution < -0.4 is 0 Å². The van der Waals surface area contributed by atoms with Crippen molar-refractivity contribution in [2.24, 2.45) is 0 Å². The second kappa shape index (κ2) is 2.35. The first kappa shape index (κ1) is 5.88. The molecule has 0 radical (unpaired) electrons. The number of rotatable bonds is 1. The minimum absolute atomic E-state index is 0.216. The molecule has 4 heteroatoms. The molecule has 0 saturated heterocycles. The topological polar surface area (TPSA) is 55.8 Å². The lowest BCUT2D eigenvalue weighted by Gasteiger charge is -1.91. The smallest absolute Gasteiger partial charge is 0.380 e. The minimum Gasteiger partial charge on any atom is -0.422 e. The van der Waals surface area contributed by atoms with E-state index in [9.17, 15) is 4.79 Å². The Balaban J connectivity index is 2.59. The fourth-order valence-electron chi connectivity index (χ4n) is 0.401. The zero-order valence-electron chi connectivity index (χ0n) is 4.46. The van der Waals surface area contributed by atoms with Gasteiger partial charge in [0, 0.05) is 0 Å². The summed E-state index contributed by atoms with van der Waals surface area (Å²) in [5.41, 5.74) is 0. The molecule has 1 rings (SSSR count). The van der Waals surface area contributed by atoms with Crippen LogP contribution in [-0.4, -0.2) is 17.7 Å². The Morgan fingerprint density at radius 2 is 2.56 bits per heavy atom. The summed E-state index contributed by atoms with van der Waals surface area (Å²) < 4.78 is 9.00. The number of carbonyl (C=O) groups excluding carboxylic acids is 1. The molecule has 48 valence electrons. The fourth-order valence-corrected chi connectivity index (χ4v) is 0.401. The molecular formula is C5H4O4. The molecule has 0 aromatic heterocycles. The summed E-state index contributed by atoms with van der Waals surface area (Å²) in [5.74, 6) is 1.35. The summed E-state index contributed by atoms with van der Waals surface area (Å²) in [5, 5.41) is 8.36. The van der Waals surface area contributed by atoms with Crippen molar-refractivity contribution in [3.05, 3.63) is 18.0 Å². The van der Waals surface area contributed by atoms with E-state index in [1.807, 2.05) is 0 Å². The molecule has 0 amide bonds. The van der Waals surface area contributed by atoms with Crippen LogP contribution in [0.1, 0.15) is 0 Å². The lowest BCUT2D eigenvalue weighted by atomic mass is 10.6. The van der Waals surface area contributed by atoms with Gasteiger partial charge in [-0.2, -0.15) is 0 Å². The van der Waals surface area contributed by atoms with Crippen LogP contribution in [0.15, 0.2) is 18.0 Å². The predicted octanol–water partition coefficient (Wildman–Crippen LogP) is -0.460. The molecule has 0 aromatic rings.